The van der Waals surface area contributed by atoms with E-state index in [2.05, 4.69) is 11.4 Å². The predicted molar refractivity (Wildman–Crippen MR) is 94.6 cm³/mol. The van der Waals surface area contributed by atoms with E-state index in [1.165, 1.54) is 0 Å². The van der Waals surface area contributed by atoms with Gasteiger partial charge in [-0.3, -0.25) is 4.79 Å². The fourth-order valence-corrected chi connectivity index (χ4v) is 3.01. The molecule has 0 saturated heterocycles. The second-order valence-electron chi connectivity index (χ2n) is 6.04. The Bertz CT molecular complexity index is 891. The zero-order valence-corrected chi connectivity index (χ0v) is 14.4. The molecule has 124 valence electrons. The van der Waals surface area contributed by atoms with Crippen molar-refractivity contribution < 1.29 is 13.9 Å². The largest absolute Gasteiger partial charge is 0.497 e. The van der Waals surface area contributed by atoms with E-state index in [1.54, 1.807) is 7.11 Å². The summed E-state index contributed by atoms with van der Waals surface area (Å²) in [6.07, 6.45) is 0. The molecule has 0 bridgehead atoms. The first kappa shape index (κ1) is 16.1. The Morgan fingerprint density at radius 3 is 2.50 bits per heavy atom. The summed E-state index contributed by atoms with van der Waals surface area (Å²) in [4.78, 5) is 12.5. The molecule has 3 rings (SSSR count). The first-order valence-electron chi connectivity index (χ1n) is 7.91. The fourth-order valence-electron chi connectivity index (χ4n) is 3.01. The highest BCUT2D eigenvalue weighted by Crippen LogP contribution is 2.29. The van der Waals surface area contributed by atoms with Crippen LogP contribution in [-0.4, -0.2) is 13.0 Å². The molecule has 0 aliphatic heterocycles. The van der Waals surface area contributed by atoms with Crippen molar-refractivity contribution in [2.24, 2.45) is 0 Å². The van der Waals surface area contributed by atoms with Gasteiger partial charge in [0.25, 0.3) is 5.91 Å². The molecule has 0 saturated carbocycles. The van der Waals surface area contributed by atoms with E-state index < -0.39 is 0 Å². The summed E-state index contributed by atoms with van der Waals surface area (Å²) < 4.78 is 10.9. The van der Waals surface area contributed by atoms with Crippen LogP contribution in [0.25, 0.3) is 11.0 Å². The molecule has 2 aromatic carbocycles. The minimum atomic E-state index is -0.198. The number of methoxy groups -OCH3 is 1. The molecule has 1 aromatic heterocycles. The smallest absolute Gasteiger partial charge is 0.287 e. The average Bonchev–Trinajstić information content (AvgIpc) is 2.90. The normalized spacial score (nSPS) is 10.8. The van der Waals surface area contributed by atoms with Gasteiger partial charge in [-0.1, -0.05) is 18.2 Å². The third kappa shape index (κ3) is 3.00. The molecular weight excluding hydrogens is 302 g/mol. The van der Waals surface area contributed by atoms with Crippen molar-refractivity contribution in [3.63, 3.8) is 0 Å². The van der Waals surface area contributed by atoms with Gasteiger partial charge in [0, 0.05) is 17.5 Å². The maximum atomic E-state index is 12.5. The van der Waals surface area contributed by atoms with Crippen molar-refractivity contribution in [2.45, 2.75) is 27.3 Å². The Labute approximate surface area is 141 Å². The molecule has 0 aliphatic carbocycles. The second-order valence-corrected chi connectivity index (χ2v) is 6.04. The van der Waals surface area contributed by atoms with Gasteiger partial charge >= 0.3 is 0 Å². The number of ether oxygens (including phenoxy) is 1. The quantitative estimate of drug-likeness (QED) is 0.779. The molecule has 3 aromatic rings. The van der Waals surface area contributed by atoms with Crippen LogP contribution in [0.4, 0.5) is 0 Å². The lowest BCUT2D eigenvalue weighted by Crippen LogP contribution is -2.22. The highest BCUT2D eigenvalue weighted by molar-refractivity contribution is 5.99. The molecule has 24 heavy (non-hydrogen) atoms. The van der Waals surface area contributed by atoms with Crippen molar-refractivity contribution in [1.29, 1.82) is 0 Å². The fraction of sp³-hybridized carbons (Fsp3) is 0.250. The maximum absolute atomic E-state index is 12.5. The Hall–Kier alpha value is -2.75. The Balaban J connectivity index is 1.80. The molecule has 1 heterocycles. The number of hydrogen-bond acceptors (Lipinski definition) is 3. The number of amides is 1. The summed E-state index contributed by atoms with van der Waals surface area (Å²) in [5.74, 6) is 0.979. The molecule has 4 heteroatoms. The van der Waals surface area contributed by atoms with Crippen LogP contribution in [0.5, 0.6) is 5.75 Å². The highest BCUT2D eigenvalue weighted by Gasteiger charge is 2.18. The number of carbonyl (C=O) groups is 1. The lowest BCUT2D eigenvalue weighted by Gasteiger charge is -2.05. The first-order chi connectivity index (χ1) is 11.5. The van der Waals surface area contributed by atoms with Gasteiger partial charge in [-0.2, -0.15) is 0 Å². The van der Waals surface area contributed by atoms with E-state index in [0.717, 1.165) is 39.0 Å². The number of hydrogen-bond donors (Lipinski definition) is 1. The number of fused-ring (bicyclic) bond motifs is 1. The third-order valence-electron chi connectivity index (χ3n) is 4.19. The van der Waals surface area contributed by atoms with Crippen LogP contribution in [-0.2, 0) is 6.54 Å². The van der Waals surface area contributed by atoms with E-state index in [-0.39, 0.29) is 5.91 Å². The van der Waals surface area contributed by atoms with E-state index >= 15 is 0 Å². The zero-order valence-electron chi connectivity index (χ0n) is 14.4. The van der Waals surface area contributed by atoms with Gasteiger partial charge in [-0.05, 0) is 55.7 Å². The van der Waals surface area contributed by atoms with Crippen LogP contribution in [0.15, 0.2) is 40.8 Å². The van der Waals surface area contributed by atoms with Gasteiger partial charge in [0.05, 0.1) is 7.11 Å². The maximum Gasteiger partial charge on any atom is 0.287 e. The number of furan rings is 1. The molecule has 4 nitrogen and oxygen atoms in total. The predicted octanol–water partition coefficient (Wildman–Crippen LogP) is 4.30. The average molecular weight is 323 g/mol. The summed E-state index contributed by atoms with van der Waals surface area (Å²) in [5, 5.41) is 3.94. The van der Waals surface area contributed by atoms with Crippen LogP contribution >= 0.6 is 0 Å². The van der Waals surface area contributed by atoms with Crippen molar-refractivity contribution in [3.8, 4) is 5.75 Å². The number of nitrogens with one attached hydrogen (secondary N) is 1. The minimum absolute atomic E-state index is 0.198. The number of benzene rings is 2. The molecule has 0 atom stereocenters. The van der Waals surface area contributed by atoms with Crippen molar-refractivity contribution in [3.05, 3.63) is 64.4 Å². The summed E-state index contributed by atoms with van der Waals surface area (Å²) in [7, 11) is 1.63. The van der Waals surface area contributed by atoms with Crippen LogP contribution in [0, 0.1) is 20.8 Å². The standard InChI is InChI=1S/C20H21NO3/c1-12-9-13(2)18-14(3)19(24-17(18)10-12)20(22)21-11-15-5-7-16(23-4)8-6-15/h5-10H,11H2,1-4H3,(H,21,22). The molecule has 0 spiro atoms. The SMILES string of the molecule is COc1ccc(CNC(=O)c2oc3cc(C)cc(C)c3c2C)cc1. The van der Waals surface area contributed by atoms with Gasteiger partial charge in [0.1, 0.15) is 11.3 Å². The summed E-state index contributed by atoms with van der Waals surface area (Å²) >= 11 is 0. The van der Waals surface area contributed by atoms with Crippen LogP contribution in [0.1, 0.15) is 32.8 Å². The molecular formula is C20H21NO3. The van der Waals surface area contributed by atoms with Crippen molar-refractivity contribution in [1.82, 2.24) is 5.32 Å². The third-order valence-corrected chi connectivity index (χ3v) is 4.19. The molecule has 1 amide bonds. The minimum Gasteiger partial charge on any atom is -0.497 e. The zero-order chi connectivity index (χ0) is 17.3. The lowest BCUT2D eigenvalue weighted by molar-refractivity contribution is 0.0924. The first-order valence-corrected chi connectivity index (χ1v) is 7.91. The van der Waals surface area contributed by atoms with Crippen LogP contribution in [0.2, 0.25) is 0 Å². The Kier molecular flexibility index (Phi) is 4.30. The van der Waals surface area contributed by atoms with Gasteiger partial charge in [0.15, 0.2) is 5.76 Å². The highest BCUT2D eigenvalue weighted by atomic mass is 16.5. The number of rotatable bonds is 4. The summed E-state index contributed by atoms with van der Waals surface area (Å²) in [6, 6.07) is 11.7. The van der Waals surface area contributed by atoms with E-state index in [4.69, 9.17) is 9.15 Å². The summed E-state index contributed by atoms with van der Waals surface area (Å²) in [6.45, 7) is 6.43. The van der Waals surface area contributed by atoms with Crippen molar-refractivity contribution in [2.75, 3.05) is 7.11 Å². The number of aryl methyl sites for hydroxylation is 3. The lowest BCUT2D eigenvalue weighted by atomic mass is 10.0. The van der Waals surface area contributed by atoms with E-state index in [0.29, 0.717) is 12.3 Å². The monoisotopic (exact) mass is 323 g/mol. The van der Waals surface area contributed by atoms with Crippen molar-refractivity contribution >= 4 is 16.9 Å². The molecule has 1 N–H and O–H groups in total. The van der Waals surface area contributed by atoms with Gasteiger partial charge in [0.2, 0.25) is 0 Å². The number of carbonyl (C=O) groups excluding carboxylic acids is 1. The van der Waals surface area contributed by atoms with Gasteiger partial charge in [-0.25, -0.2) is 0 Å². The van der Waals surface area contributed by atoms with Crippen LogP contribution in [0.3, 0.4) is 0 Å². The second kappa shape index (κ2) is 6.40. The van der Waals surface area contributed by atoms with E-state index in [1.807, 2.05) is 51.1 Å². The molecule has 0 radical (unpaired) electrons. The molecule has 0 fully saturated rings. The van der Waals surface area contributed by atoms with E-state index in [9.17, 15) is 4.79 Å². The Morgan fingerprint density at radius 2 is 1.83 bits per heavy atom. The van der Waals surface area contributed by atoms with Crippen LogP contribution < -0.4 is 10.1 Å². The van der Waals surface area contributed by atoms with Gasteiger partial charge in [-0.15, -0.1) is 0 Å². The van der Waals surface area contributed by atoms with Gasteiger partial charge < -0.3 is 14.5 Å². The molecule has 0 aliphatic rings. The topological polar surface area (TPSA) is 51.5 Å². The molecule has 0 unspecified atom stereocenters. The Morgan fingerprint density at radius 1 is 1.12 bits per heavy atom. The summed E-state index contributed by atoms with van der Waals surface area (Å²) in [5.41, 5.74) is 4.90.